The Labute approximate surface area is 107 Å². The number of carbonyl (C=O) groups is 1. The van der Waals surface area contributed by atoms with Gasteiger partial charge in [-0.2, -0.15) is 11.8 Å². The first-order chi connectivity index (χ1) is 8.16. The largest absolute Gasteiger partial charge is 0.338 e. The van der Waals surface area contributed by atoms with E-state index in [1.165, 1.54) is 6.20 Å². The highest BCUT2D eigenvalue weighted by atomic mass is 32.2. The van der Waals surface area contributed by atoms with Gasteiger partial charge in [0.15, 0.2) is 0 Å². The summed E-state index contributed by atoms with van der Waals surface area (Å²) >= 11 is 1.90. The van der Waals surface area contributed by atoms with E-state index in [1.54, 1.807) is 17.3 Å². The Morgan fingerprint density at radius 1 is 1.53 bits per heavy atom. The Morgan fingerprint density at radius 2 is 2.29 bits per heavy atom. The van der Waals surface area contributed by atoms with Crippen LogP contribution >= 0.6 is 11.8 Å². The quantitative estimate of drug-likeness (QED) is 0.728. The molecule has 1 atom stereocenters. The van der Waals surface area contributed by atoms with Gasteiger partial charge in [-0.1, -0.05) is 6.92 Å². The first kappa shape index (κ1) is 14.0. The van der Waals surface area contributed by atoms with E-state index < -0.39 is 0 Å². The van der Waals surface area contributed by atoms with Crippen molar-refractivity contribution in [3.63, 3.8) is 0 Å². The fraction of sp³-hybridized carbons (Fsp3) is 0.583. The van der Waals surface area contributed by atoms with Crippen LogP contribution in [0.15, 0.2) is 18.6 Å². The number of carbonyl (C=O) groups excluding carboxylic acids is 1. The highest BCUT2D eigenvalue weighted by molar-refractivity contribution is 7.99. The van der Waals surface area contributed by atoms with Crippen LogP contribution in [0, 0.1) is 0 Å². The third kappa shape index (κ3) is 4.34. The smallest absolute Gasteiger partial charge is 0.274 e. The third-order valence-electron chi connectivity index (χ3n) is 2.65. The zero-order chi connectivity index (χ0) is 12.7. The summed E-state index contributed by atoms with van der Waals surface area (Å²) in [6.07, 6.45) is 5.62. The van der Waals surface area contributed by atoms with Crippen molar-refractivity contribution < 1.29 is 4.79 Å². The van der Waals surface area contributed by atoms with Crippen molar-refractivity contribution >= 4 is 17.7 Å². The molecular weight excluding hydrogens is 234 g/mol. The van der Waals surface area contributed by atoms with Gasteiger partial charge in [0, 0.05) is 25.5 Å². The van der Waals surface area contributed by atoms with Gasteiger partial charge in [0.25, 0.3) is 5.91 Å². The van der Waals surface area contributed by atoms with Crippen LogP contribution in [0.4, 0.5) is 0 Å². The molecule has 1 heterocycles. The second-order valence-electron chi connectivity index (χ2n) is 3.84. The Bertz CT molecular complexity index is 345. The maximum Gasteiger partial charge on any atom is 0.274 e. The van der Waals surface area contributed by atoms with E-state index in [9.17, 15) is 4.79 Å². The molecule has 0 radical (unpaired) electrons. The second-order valence-corrected chi connectivity index (χ2v) is 5.24. The summed E-state index contributed by atoms with van der Waals surface area (Å²) in [7, 11) is 1.82. The van der Waals surface area contributed by atoms with Crippen molar-refractivity contribution in [1.82, 2.24) is 14.9 Å². The lowest BCUT2D eigenvalue weighted by Crippen LogP contribution is -2.36. The fourth-order valence-electron chi connectivity index (χ4n) is 1.38. The highest BCUT2D eigenvalue weighted by Crippen LogP contribution is 2.10. The van der Waals surface area contributed by atoms with Crippen LogP contribution in [0.3, 0.4) is 0 Å². The van der Waals surface area contributed by atoms with Crippen LogP contribution in [0.2, 0.25) is 0 Å². The number of rotatable bonds is 6. The van der Waals surface area contributed by atoms with E-state index in [4.69, 9.17) is 0 Å². The Kier molecular flexibility index (Phi) is 5.97. The van der Waals surface area contributed by atoms with Crippen LogP contribution in [0.1, 0.15) is 30.8 Å². The van der Waals surface area contributed by atoms with Crippen LogP contribution in [0.5, 0.6) is 0 Å². The van der Waals surface area contributed by atoms with Gasteiger partial charge in [-0.25, -0.2) is 4.98 Å². The summed E-state index contributed by atoms with van der Waals surface area (Å²) in [4.78, 5) is 21.7. The number of amides is 1. The molecule has 4 nitrogen and oxygen atoms in total. The van der Waals surface area contributed by atoms with E-state index in [0.717, 1.165) is 17.9 Å². The molecular formula is C12H19N3OS. The number of hydrogen-bond donors (Lipinski definition) is 0. The minimum absolute atomic E-state index is 0.0629. The summed E-state index contributed by atoms with van der Waals surface area (Å²) in [6.45, 7) is 4.20. The molecule has 0 aliphatic heterocycles. The zero-order valence-corrected chi connectivity index (χ0v) is 11.4. The molecule has 1 aromatic heterocycles. The zero-order valence-electron chi connectivity index (χ0n) is 10.6. The van der Waals surface area contributed by atoms with Crippen LogP contribution in [0.25, 0.3) is 0 Å². The molecule has 5 heteroatoms. The first-order valence-electron chi connectivity index (χ1n) is 5.77. The van der Waals surface area contributed by atoms with Crippen molar-refractivity contribution in [2.45, 2.75) is 26.3 Å². The summed E-state index contributed by atoms with van der Waals surface area (Å²) < 4.78 is 0. The van der Waals surface area contributed by atoms with Gasteiger partial charge in [-0.3, -0.25) is 9.78 Å². The molecule has 0 saturated carbocycles. The van der Waals surface area contributed by atoms with Crippen LogP contribution < -0.4 is 0 Å². The van der Waals surface area contributed by atoms with Crippen molar-refractivity contribution in [3.8, 4) is 0 Å². The van der Waals surface area contributed by atoms with Gasteiger partial charge < -0.3 is 4.90 Å². The number of nitrogens with zero attached hydrogens (tertiary/aromatic N) is 3. The van der Waals surface area contributed by atoms with Gasteiger partial charge in [-0.15, -0.1) is 0 Å². The molecule has 0 spiro atoms. The van der Waals surface area contributed by atoms with Gasteiger partial charge in [0.05, 0.1) is 6.20 Å². The van der Waals surface area contributed by atoms with Gasteiger partial charge in [0.1, 0.15) is 5.69 Å². The average Bonchev–Trinajstić information content (AvgIpc) is 2.38. The third-order valence-corrected chi connectivity index (χ3v) is 3.58. The van der Waals surface area contributed by atoms with Crippen molar-refractivity contribution in [2.75, 3.05) is 18.6 Å². The molecule has 0 aliphatic rings. The van der Waals surface area contributed by atoms with E-state index in [2.05, 4.69) is 23.8 Å². The lowest BCUT2D eigenvalue weighted by atomic mass is 10.2. The summed E-state index contributed by atoms with van der Waals surface area (Å²) in [5, 5.41) is 0. The Hall–Kier alpha value is -1.10. The summed E-state index contributed by atoms with van der Waals surface area (Å²) in [5.74, 6) is 2.14. The van der Waals surface area contributed by atoms with Crippen molar-refractivity contribution in [2.24, 2.45) is 0 Å². The maximum absolute atomic E-state index is 12.0. The molecule has 0 fully saturated rings. The average molecular weight is 253 g/mol. The highest BCUT2D eigenvalue weighted by Gasteiger charge is 2.18. The lowest BCUT2D eigenvalue weighted by Gasteiger charge is -2.24. The van der Waals surface area contributed by atoms with Crippen LogP contribution in [-0.4, -0.2) is 45.4 Å². The molecule has 0 bridgehead atoms. The van der Waals surface area contributed by atoms with E-state index >= 15 is 0 Å². The molecule has 0 aromatic carbocycles. The lowest BCUT2D eigenvalue weighted by molar-refractivity contribution is 0.0735. The molecule has 0 aliphatic carbocycles. The maximum atomic E-state index is 12.0. The molecule has 0 N–H and O–H groups in total. The minimum Gasteiger partial charge on any atom is -0.338 e. The van der Waals surface area contributed by atoms with Gasteiger partial charge >= 0.3 is 0 Å². The van der Waals surface area contributed by atoms with E-state index in [1.807, 2.05) is 18.8 Å². The Balaban J connectivity index is 2.51. The van der Waals surface area contributed by atoms with Gasteiger partial charge in [0.2, 0.25) is 0 Å². The number of thioether (sulfide) groups is 1. The van der Waals surface area contributed by atoms with Crippen molar-refractivity contribution in [1.29, 1.82) is 0 Å². The molecule has 94 valence electrons. The summed E-state index contributed by atoms with van der Waals surface area (Å²) in [6, 6.07) is 0.226. The first-order valence-corrected chi connectivity index (χ1v) is 6.93. The van der Waals surface area contributed by atoms with Gasteiger partial charge in [-0.05, 0) is 24.9 Å². The van der Waals surface area contributed by atoms with E-state index in [0.29, 0.717) is 5.69 Å². The molecule has 0 saturated heterocycles. The molecule has 1 amide bonds. The monoisotopic (exact) mass is 253 g/mol. The molecule has 1 aromatic rings. The second kappa shape index (κ2) is 7.27. The fourth-order valence-corrected chi connectivity index (χ4v) is 2.18. The topological polar surface area (TPSA) is 46.1 Å². The standard InChI is InChI=1S/C12H19N3OS/c1-4-17-8-5-10(2)15(3)12(16)11-9-13-6-7-14-11/h6-7,9-10H,4-5,8H2,1-3H3. The number of hydrogen-bond acceptors (Lipinski definition) is 4. The van der Waals surface area contributed by atoms with Crippen LogP contribution in [-0.2, 0) is 0 Å². The summed E-state index contributed by atoms with van der Waals surface area (Å²) in [5.41, 5.74) is 0.407. The minimum atomic E-state index is -0.0629. The Morgan fingerprint density at radius 3 is 2.88 bits per heavy atom. The molecule has 17 heavy (non-hydrogen) atoms. The predicted molar refractivity (Wildman–Crippen MR) is 71.2 cm³/mol. The molecule has 1 rings (SSSR count). The predicted octanol–water partition coefficient (Wildman–Crippen LogP) is 2.08. The normalized spacial score (nSPS) is 12.2. The number of aromatic nitrogens is 2. The molecule has 1 unspecified atom stereocenters. The van der Waals surface area contributed by atoms with Crippen molar-refractivity contribution in [3.05, 3.63) is 24.3 Å². The SMILES string of the molecule is CCSCCC(C)N(C)C(=O)c1cnccn1. The van der Waals surface area contributed by atoms with E-state index in [-0.39, 0.29) is 11.9 Å².